The van der Waals surface area contributed by atoms with Crippen molar-refractivity contribution in [3.8, 4) is 0 Å². The molecule has 3 nitrogen and oxygen atoms in total. The van der Waals surface area contributed by atoms with Crippen LogP contribution in [0.3, 0.4) is 0 Å². The van der Waals surface area contributed by atoms with Gasteiger partial charge < -0.3 is 4.74 Å². The van der Waals surface area contributed by atoms with Crippen LogP contribution in [0.4, 0.5) is 0 Å². The molecule has 0 N–H and O–H groups in total. The highest BCUT2D eigenvalue weighted by Gasteiger charge is 2.62. The Labute approximate surface area is 123 Å². The third kappa shape index (κ3) is 1.82. The van der Waals surface area contributed by atoms with Crippen LogP contribution in [0.5, 0.6) is 0 Å². The van der Waals surface area contributed by atoms with E-state index in [9.17, 15) is 0 Å². The zero-order valence-corrected chi connectivity index (χ0v) is 13.7. The minimum atomic E-state index is 0.294. The molecule has 4 rings (SSSR count). The van der Waals surface area contributed by atoms with Crippen molar-refractivity contribution < 1.29 is 4.74 Å². The van der Waals surface area contributed by atoms with Crippen molar-refractivity contribution in [2.75, 3.05) is 13.2 Å². The minimum absolute atomic E-state index is 0.294. The van der Waals surface area contributed by atoms with Gasteiger partial charge in [-0.3, -0.25) is 9.80 Å². The summed E-state index contributed by atoms with van der Waals surface area (Å²) in [6.45, 7) is 14.2. The third-order valence-electron chi connectivity index (χ3n) is 6.17. The first-order valence-corrected chi connectivity index (χ1v) is 8.53. The first-order chi connectivity index (χ1) is 9.38. The molecule has 114 valence electrons. The number of piperidine rings is 1. The van der Waals surface area contributed by atoms with Crippen molar-refractivity contribution in [2.45, 2.75) is 83.3 Å². The highest BCUT2D eigenvalue weighted by atomic mass is 16.5. The number of hydrogen-bond donors (Lipinski definition) is 0. The smallest absolute Gasteiger partial charge is 0.0762 e. The summed E-state index contributed by atoms with van der Waals surface area (Å²) in [7, 11) is 0. The summed E-state index contributed by atoms with van der Waals surface area (Å²) in [5.41, 5.74) is 0.294. The molecule has 0 amide bonds. The molecule has 1 saturated carbocycles. The van der Waals surface area contributed by atoms with Gasteiger partial charge in [0, 0.05) is 30.2 Å². The molecular weight excluding hydrogens is 248 g/mol. The van der Waals surface area contributed by atoms with E-state index in [1.807, 2.05) is 0 Å². The van der Waals surface area contributed by atoms with Crippen LogP contribution in [-0.2, 0) is 4.74 Å². The summed E-state index contributed by atoms with van der Waals surface area (Å²) in [6.07, 6.45) is 3.24. The van der Waals surface area contributed by atoms with E-state index in [4.69, 9.17) is 4.74 Å². The van der Waals surface area contributed by atoms with E-state index in [-0.39, 0.29) is 0 Å². The monoisotopic (exact) mass is 278 g/mol. The van der Waals surface area contributed by atoms with E-state index in [1.54, 1.807) is 0 Å². The fourth-order valence-corrected chi connectivity index (χ4v) is 5.35. The van der Waals surface area contributed by atoms with Gasteiger partial charge in [0.2, 0.25) is 0 Å². The molecule has 6 unspecified atom stereocenters. The molecule has 3 saturated heterocycles. The molecule has 4 aliphatic rings. The van der Waals surface area contributed by atoms with Gasteiger partial charge in [0.05, 0.1) is 18.8 Å². The second-order valence-corrected chi connectivity index (χ2v) is 8.77. The number of fused-ring (bicyclic) bond motifs is 3. The van der Waals surface area contributed by atoms with Gasteiger partial charge in [-0.15, -0.1) is 0 Å². The Hall–Kier alpha value is -0.120. The molecule has 4 fully saturated rings. The van der Waals surface area contributed by atoms with E-state index in [1.165, 1.54) is 19.4 Å². The number of morpholine rings is 1. The molecule has 3 heterocycles. The van der Waals surface area contributed by atoms with Gasteiger partial charge in [-0.1, -0.05) is 0 Å². The average Bonchev–Trinajstić information content (AvgIpc) is 2.77. The van der Waals surface area contributed by atoms with Gasteiger partial charge >= 0.3 is 0 Å². The summed E-state index contributed by atoms with van der Waals surface area (Å²) in [6, 6.07) is 2.71. The molecule has 3 aliphatic heterocycles. The molecular formula is C17H30N2O. The molecule has 6 atom stereocenters. The molecule has 0 aromatic carbocycles. The Kier molecular flexibility index (Phi) is 2.85. The van der Waals surface area contributed by atoms with Crippen LogP contribution in [0.1, 0.15) is 47.5 Å². The SMILES string of the molecule is CC(C)N1C2COC(C2)C1C1C2CC2CN1C(C)(C)C. The topological polar surface area (TPSA) is 15.7 Å². The Bertz CT molecular complexity index is 400. The van der Waals surface area contributed by atoms with E-state index in [0.717, 1.165) is 24.5 Å². The van der Waals surface area contributed by atoms with Crippen molar-refractivity contribution in [2.24, 2.45) is 11.8 Å². The molecule has 0 spiro atoms. The molecule has 2 bridgehead atoms. The molecule has 0 radical (unpaired) electrons. The maximum absolute atomic E-state index is 6.12. The summed E-state index contributed by atoms with van der Waals surface area (Å²) in [4.78, 5) is 5.61. The Morgan fingerprint density at radius 1 is 1.10 bits per heavy atom. The molecule has 0 aromatic heterocycles. The predicted molar refractivity (Wildman–Crippen MR) is 80.8 cm³/mol. The van der Waals surface area contributed by atoms with Crippen LogP contribution in [0.15, 0.2) is 0 Å². The Morgan fingerprint density at radius 2 is 1.85 bits per heavy atom. The molecule has 0 aromatic rings. The van der Waals surface area contributed by atoms with Crippen LogP contribution in [-0.4, -0.2) is 58.8 Å². The average molecular weight is 278 g/mol. The summed E-state index contributed by atoms with van der Waals surface area (Å²) >= 11 is 0. The van der Waals surface area contributed by atoms with E-state index >= 15 is 0 Å². The first kappa shape index (κ1) is 13.5. The number of ether oxygens (including phenoxy) is 1. The lowest BCUT2D eigenvalue weighted by Gasteiger charge is -2.48. The number of likely N-dealkylation sites (tertiary alicyclic amines) is 2. The van der Waals surface area contributed by atoms with E-state index in [2.05, 4.69) is 44.4 Å². The van der Waals surface area contributed by atoms with Crippen molar-refractivity contribution in [3.63, 3.8) is 0 Å². The largest absolute Gasteiger partial charge is 0.375 e. The van der Waals surface area contributed by atoms with Gasteiger partial charge in [-0.05, 0) is 59.3 Å². The van der Waals surface area contributed by atoms with Crippen molar-refractivity contribution >= 4 is 0 Å². The van der Waals surface area contributed by atoms with Gasteiger partial charge in [0.1, 0.15) is 0 Å². The standard InChI is InChI=1S/C17H30N2O/c1-10(2)19-12-7-14(20-9-12)16(19)15-13-6-11(13)8-18(15)17(3,4)5/h10-16H,6-9H2,1-5H3. The quantitative estimate of drug-likeness (QED) is 0.771. The van der Waals surface area contributed by atoms with Crippen LogP contribution in [0.25, 0.3) is 0 Å². The molecule has 1 aliphatic carbocycles. The Morgan fingerprint density at radius 3 is 2.50 bits per heavy atom. The number of hydrogen-bond acceptors (Lipinski definition) is 3. The zero-order valence-electron chi connectivity index (χ0n) is 13.7. The van der Waals surface area contributed by atoms with Crippen LogP contribution < -0.4 is 0 Å². The summed E-state index contributed by atoms with van der Waals surface area (Å²) in [5, 5.41) is 0. The highest BCUT2D eigenvalue weighted by molar-refractivity contribution is 5.16. The van der Waals surface area contributed by atoms with Gasteiger partial charge in [-0.2, -0.15) is 0 Å². The lowest BCUT2D eigenvalue weighted by Crippen LogP contribution is -2.61. The van der Waals surface area contributed by atoms with Crippen LogP contribution in [0.2, 0.25) is 0 Å². The molecule has 20 heavy (non-hydrogen) atoms. The highest BCUT2D eigenvalue weighted by Crippen LogP contribution is 2.55. The Balaban J connectivity index is 1.65. The number of rotatable bonds is 2. The third-order valence-corrected chi connectivity index (χ3v) is 6.17. The van der Waals surface area contributed by atoms with Gasteiger partial charge in [0.15, 0.2) is 0 Å². The van der Waals surface area contributed by atoms with Crippen molar-refractivity contribution in [3.05, 3.63) is 0 Å². The van der Waals surface area contributed by atoms with Crippen molar-refractivity contribution in [1.82, 2.24) is 9.80 Å². The van der Waals surface area contributed by atoms with E-state index < -0.39 is 0 Å². The maximum Gasteiger partial charge on any atom is 0.0762 e. The normalized spacial score (nSPS) is 48.3. The van der Waals surface area contributed by atoms with Gasteiger partial charge in [0.25, 0.3) is 0 Å². The predicted octanol–water partition coefficient (Wildman–Crippen LogP) is 2.36. The number of nitrogens with zero attached hydrogens (tertiary/aromatic N) is 2. The van der Waals surface area contributed by atoms with Crippen molar-refractivity contribution in [1.29, 1.82) is 0 Å². The van der Waals surface area contributed by atoms with Crippen LogP contribution in [0, 0.1) is 11.8 Å². The maximum atomic E-state index is 6.12. The lowest BCUT2D eigenvalue weighted by molar-refractivity contribution is -0.0727. The molecule has 3 heteroatoms. The van der Waals surface area contributed by atoms with Crippen LogP contribution >= 0.6 is 0 Å². The summed E-state index contributed by atoms with van der Waals surface area (Å²) in [5.74, 6) is 1.93. The minimum Gasteiger partial charge on any atom is -0.375 e. The summed E-state index contributed by atoms with van der Waals surface area (Å²) < 4.78 is 6.12. The van der Waals surface area contributed by atoms with Gasteiger partial charge in [-0.25, -0.2) is 0 Å². The second kappa shape index (κ2) is 4.21. The zero-order chi connectivity index (χ0) is 14.2. The second-order valence-electron chi connectivity index (χ2n) is 8.77. The van der Waals surface area contributed by atoms with E-state index in [0.29, 0.717) is 29.8 Å². The first-order valence-electron chi connectivity index (χ1n) is 8.53. The lowest BCUT2D eigenvalue weighted by atomic mass is 9.93. The fourth-order valence-electron chi connectivity index (χ4n) is 5.35. The fraction of sp³-hybridized carbons (Fsp3) is 1.00.